The van der Waals surface area contributed by atoms with E-state index in [-0.39, 0.29) is 22.0 Å². The fourth-order valence-electron chi connectivity index (χ4n) is 5.36. The second-order valence-electron chi connectivity index (χ2n) is 10.1. The molecule has 0 spiro atoms. The van der Waals surface area contributed by atoms with E-state index in [1.165, 1.54) is 43.0 Å². The van der Waals surface area contributed by atoms with Crippen molar-refractivity contribution < 1.29 is 33.3 Å². The molecule has 46 heavy (non-hydrogen) atoms. The van der Waals surface area contributed by atoms with Crippen LogP contribution in [0.5, 0.6) is 17.2 Å². The van der Waals surface area contributed by atoms with Gasteiger partial charge in [-0.25, -0.2) is 4.39 Å². The van der Waals surface area contributed by atoms with Gasteiger partial charge in [0.2, 0.25) is 5.13 Å². The molecule has 5 aromatic rings. The predicted octanol–water partition coefficient (Wildman–Crippen LogP) is 7.16. The number of rotatable bonds is 10. The number of benzene rings is 4. The largest absolute Gasteiger partial charge is 0.507 e. The van der Waals surface area contributed by atoms with Gasteiger partial charge in [-0.3, -0.25) is 14.5 Å². The van der Waals surface area contributed by atoms with Crippen molar-refractivity contribution in [2.75, 3.05) is 25.7 Å². The number of fused-ring (bicyclic) bond motifs is 1. The summed E-state index contributed by atoms with van der Waals surface area (Å²) in [6.07, 6.45) is 0. The molecular weight excluding hydrogens is 630 g/mol. The van der Waals surface area contributed by atoms with Crippen LogP contribution in [0.1, 0.15) is 29.7 Å². The third-order valence-electron chi connectivity index (χ3n) is 7.51. The summed E-state index contributed by atoms with van der Waals surface area (Å²) in [5, 5.41) is 22.5. The topological polar surface area (TPSA) is 111 Å². The molecule has 234 valence electrons. The zero-order chi connectivity index (χ0) is 32.4. The van der Waals surface area contributed by atoms with Crippen LogP contribution in [0.3, 0.4) is 0 Å². The van der Waals surface area contributed by atoms with Gasteiger partial charge in [0.25, 0.3) is 5.78 Å². The monoisotopic (exact) mass is 657 g/mol. The van der Waals surface area contributed by atoms with Crippen LogP contribution in [0.25, 0.3) is 16.5 Å². The molecule has 0 bridgehead atoms. The Balaban J connectivity index is 1.41. The third-order valence-corrected chi connectivity index (χ3v) is 9.61. The molecule has 1 N–H and O–H groups in total. The van der Waals surface area contributed by atoms with E-state index in [1.54, 1.807) is 18.2 Å². The molecule has 1 aliphatic rings. The van der Waals surface area contributed by atoms with Gasteiger partial charge in [0.1, 0.15) is 5.76 Å². The maximum Gasteiger partial charge on any atom is 0.301 e. The first-order chi connectivity index (χ1) is 22.3. The number of halogens is 1. The van der Waals surface area contributed by atoms with Gasteiger partial charge >= 0.3 is 5.91 Å². The van der Waals surface area contributed by atoms with Gasteiger partial charge in [0.05, 0.1) is 32.4 Å². The predicted molar refractivity (Wildman–Crippen MR) is 175 cm³/mol. The van der Waals surface area contributed by atoms with Crippen molar-refractivity contribution in [1.82, 2.24) is 10.2 Å². The molecule has 2 heterocycles. The Morgan fingerprint density at radius 1 is 0.957 bits per heavy atom. The lowest BCUT2D eigenvalue weighted by atomic mass is 9.95. The molecule has 1 atom stereocenters. The summed E-state index contributed by atoms with van der Waals surface area (Å²) in [4.78, 5) is 28.5. The number of carbonyl (C=O) groups is 2. The van der Waals surface area contributed by atoms with Gasteiger partial charge < -0.3 is 19.3 Å². The summed E-state index contributed by atoms with van der Waals surface area (Å²) < 4.78 is 31.4. The molecule has 1 aliphatic heterocycles. The number of ether oxygens (including phenoxy) is 3. The quantitative estimate of drug-likeness (QED) is 0.0550. The van der Waals surface area contributed by atoms with Crippen molar-refractivity contribution in [1.29, 1.82) is 0 Å². The average Bonchev–Trinajstić information content (AvgIpc) is 3.65. The highest BCUT2D eigenvalue weighted by atomic mass is 32.2. The highest BCUT2D eigenvalue weighted by Gasteiger charge is 2.48. The van der Waals surface area contributed by atoms with Crippen LogP contribution in [0, 0.1) is 5.82 Å². The van der Waals surface area contributed by atoms with Crippen LogP contribution >= 0.6 is 23.1 Å². The third kappa shape index (κ3) is 5.77. The lowest BCUT2D eigenvalue weighted by molar-refractivity contribution is -0.132. The molecule has 12 heteroatoms. The van der Waals surface area contributed by atoms with Gasteiger partial charge in [-0.2, -0.15) is 0 Å². The van der Waals surface area contributed by atoms with Crippen LogP contribution in [0.2, 0.25) is 0 Å². The molecule has 0 radical (unpaired) electrons. The fourth-order valence-corrected chi connectivity index (χ4v) is 7.23. The summed E-state index contributed by atoms with van der Waals surface area (Å²) in [5.41, 5.74) is 1.33. The highest BCUT2D eigenvalue weighted by Crippen LogP contribution is 2.46. The molecule has 0 aliphatic carbocycles. The van der Waals surface area contributed by atoms with Crippen molar-refractivity contribution in [3.05, 3.63) is 107 Å². The Morgan fingerprint density at radius 2 is 1.72 bits per heavy atom. The van der Waals surface area contributed by atoms with Crippen LogP contribution in [0.4, 0.5) is 9.52 Å². The minimum atomic E-state index is -1.13. The number of Topliss-reactive ketones (excluding diaryl/α,β-unsaturated/α-hetero) is 1. The van der Waals surface area contributed by atoms with Crippen molar-refractivity contribution in [2.45, 2.75) is 23.1 Å². The maximum atomic E-state index is 14.7. The number of hydrogen-bond acceptors (Lipinski definition) is 10. The van der Waals surface area contributed by atoms with E-state index in [1.807, 2.05) is 25.1 Å². The Bertz CT molecular complexity index is 1990. The van der Waals surface area contributed by atoms with Gasteiger partial charge in [0, 0.05) is 11.3 Å². The van der Waals surface area contributed by atoms with E-state index in [4.69, 9.17) is 14.2 Å². The summed E-state index contributed by atoms with van der Waals surface area (Å²) in [7, 11) is 2.79. The highest BCUT2D eigenvalue weighted by molar-refractivity contribution is 8.00. The number of thioether (sulfide) groups is 1. The molecule has 6 rings (SSSR count). The number of nitrogens with zero attached hydrogens (tertiary/aromatic N) is 3. The van der Waals surface area contributed by atoms with Crippen LogP contribution in [0.15, 0.2) is 88.8 Å². The minimum absolute atomic E-state index is 0.00259. The molecule has 1 amide bonds. The minimum Gasteiger partial charge on any atom is -0.507 e. The number of aromatic nitrogens is 2. The molecular formula is C34H28FN3O6S2. The summed E-state index contributed by atoms with van der Waals surface area (Å²) >= 11 is 2.61. The van der Waals surface area contributed by atoms with Gasteiger partial charge in [0.15, 0.2) is 27.4 Å². The molecule has 4 aromatic carbocycles. The first-order valence-electron chi connectivity index (χ1n) is 14.2. The number of hydrogen-bond donors (Lipinski definition) is 1. The van der Waals surface area contributed by atoms with Crippen molar-refractivity contribution in [2.24, 2.45) is 0 Å². The van der Waals surface area contributed by atoms with Crippen LogP contribution in [-0.2, 0) is 15.3 Å². The maximum absolute atomic E-state index is 14.7. The lowest BCUT2D eigenvalue weighted by Crippen LogP contribution is -2.29. The normalized spacial score (nSPS) is 15.8. The molecule has 1 aromatic heterocycles. The van der Waals surface area contributed by atoms with Gasteiger partial charge in [-0.05, 0) is 59.2 Å². The summed E-state index contributed by atoms with van der Waals surface area (Å²) in [6.45, 7) is 2.22. The first-order valence-corrected chi connectivity index (χ1v) is 16.0. The Hall–Kier alpha value is -4.94. The van der Waals surface area contributed by atoms with Crippen molar-refractivity contribution in [3.8, 4) is 17.2 Å². The van der Waals surface area contributed by atoms with E-state index in [2.05, 4.69) is 34.5 Å². The summed E-state index contributed by atoms with van der Waals surface area (Å²) in [6, 6.07) is 21.9. The first kappa shape index (κ1) is 31.1. The second kappa shape index (κ2) is 13.2. The van der Waals surface area contributed by atoms with E-state index in [0.29, 0.717) is 33.8 Å². The zero-order valence-electron chi connectivity index (χ0n) is 25.0. The second-order valence-corrected chi connectivity index (χ2v) is 12.3. The van der Waals surface area contributed by atoms with Crippen LogP contribution in [-0.4, -0.2) is 47.8 Å². The van der Waals surface area contributed by atoms with E-state index in [9.17, 15) is 19.1 Å². The number of aliphatic hydroxyl groups is 1. The lowest BCUT2D eigenvalue weighted by Gasteiger charge is -2.23. The number of amides is 1. The zero-order valence-corrected chi connectivity index (χ0v) is 26.7. The molecule has 0 unspecified atom stereocenters. The number of anilines is 1. The molecule has 1 fully saturated rings. The Kier molecular flexibility index (Phi) is 8.91. The molecule has 9 nitrogen and oxygen atoms in total. The van der Waals surface area contributed by atoms with Gasteiger partial charge in [-0.15, -0.1) is 10.2 Å². The van der Waals surface area contributed by atoms with Crippen LogP contribution < -0.4 is 19.1 Å². The van der Waals surface area contributed by atoms with Crippen molar-refractivity contribution in [3.63, 3.8) is 0 Å². The SMILES string of the molecule is CCOc1ccc([C@@H]2C(=C(O)c3ccc(OC)c(F)c3)C(=O)C(=O)N2c2nnc(SCc3cccc4ccccc34)s2)cc1OC. The number of methoxy groups -OCH3 is 2. The van der Waals surface area contributed by atoms with E-state index < -0.39 is 29.3 Å². The number of aliphatic hydroxyl groups excluding tert-OH is 1. The van der Waals surface area contributed by atoms with Crippen molar-refractivity contribution >= 4 is 56.5 Å². The van der Waals surface area contributed by atoms with E-state index in [0.717, 1.165) is 33.7 Å². The Morgan fingerprint density at radius 3 is 2.48 bits per heavy atom. The molecule has 1 saturated heterocycles. The standard InChI is InChI=1S/C34H28FN3O6S2/c1-4-44-26-15-12-20(17-27(26)43-3)29-28(30(39)21-13-14-25(42-2)24(35)16-21)31(40)32(41)38(29)33-36-37-34(46-33)45-18-22-10-7-9-19-8-5-6-11-23(19)22/h5-17,29,39H,4,18H2,1-3H3/t29-/m1/s1. The number of carbonyl (C=O) groups excluding carboxylic acids is 2. The molecule has 0 saturated carbocycles. The van der Waals surface area contributed by atoms with E-state index >= 15 is 0 Å². The van der Waals surface area contributed by atoms with Gasteiger partial charge in [-0.1, -0.05) is 71.6 Å². The Labute approximate surface area is 272 Å². The smallest absolute Gasteiger partial charge is 0.301 e. The summed E-state index contributed by atoms with van der Waals surface area (Å²) in [5.74, 6) is -1.74. The number of ketones is 1. The average molecular weight is 658 g/mol. The fraction of sp³-hybridized carbons (Fsp3) is 0.176.